The van der Waals surface area contributed by atoms with Crippen molar-refractivity contribution in [3.05, 3.63) is 70.1 Å². The number of hydrogen-bond acceptors (Lipinski definition) is 4. The van der Waals surface area contributed by atoms with E-state index < -0.39 is 11.7 Å². The first kappa shape index (κ1) is 23.6. The number of carbonyl (C=O) groups is 4. The lowest BCUT2D eigenvalue weighted by Gasteiger charge is -2.22. The summed E-state index contributed by atoms with van der Waals surface area (Å²) in [6.45, 7) is 1.18. The van der Waals surface area contributed by atoms with Crippen molar-refractivity contribution in [2.45, 2.75) is 38.9 Å². The Hall–Kier alpha value is -3.52. The van der Waals surface area contributed by atoms with Crippen LogP contribution in [0, 0.1) is 5.82 Å². The lowest BCUT2D eigenvalue weighted by molar-refractivity contribution is -0.137. The van der Waals surface area contributed by atoms with Crippen LogP contribution in [0.5, 0.6) is 0 Å². The van der Waals surface area contributed by atoms with Gasteiger partial charge in [0, 0.05) is 46.4 Å². The number of amides is 2. The van der Waals surface area contributed by atoms with Crippen LogP contribution < -0.4 is 5.32 Å². The molecule has 0 unspecified atom stereocenters. The molecule has 0 bridgehead atoms. The Balaban J connectivity index is 1.48. The largest absolute Gasteiger partial charge is 0.350 e. The minimum absolute atomic E-state index is 0.0225. The average Bonchev–Trinajstić information content (AvgIpc) is 3.59. The summed E-state index contributed by atoms with van der Waals surface area (Å²) in [5, 5.41) is 3.22. The Bertz CT molecular complexity index is 1300. The third-order valence-electron chi connectivity index (χ3n) is 5.86. The number of carbonyl (C=O) groups excluding carboxylic acids is 4. The van der Waals surface area contributed by atoms with E-state index in [-0.39, 0.29) is 48.0 Å². The SMILES string of the molecule is CC(=O)c1cn(CC(=O)N(CC(=O)NCc2cccc(Cl)c2F)C2CC2)c2ccc(C=O)cc12. The first-order chi connectivity index (χ1) is 16.3. The molecule has 2 amide bonds. The van der Waals surface area contributed by atoms with Crippen LogP contribution in [-0.2, 0) is 22.7 Å². The van der Waals surface area contributed by atoms with E-state index in [0.717, 1.165) is 12.8 Å². The summed E-state index contributed by atoms with van der Waals surface area (Å²) in [5.41, 5.74) is 1.77. The Morgan fingerprint density at radius 3 is 2.68 bits per heavy atom. The Labute approximate surface area is 200 Å². The van der Waals surface area contributed by atoms with E-state index in [4.69, 9.17) is 11.6 Å². The fourth-order valence-corrected chi connectivity index (χ4v) is 4.13. The summed E-state index contributed by atoms with van der Waals surface area (Å²) in [7, 11) is 0. The van der Waals surface area contributed by atoms with Crippen molar-refractivity contribution in [1.82, 2.24) is 14.8 Å². The summed E-state index contributed by atoms with van der Waals surface area (Å²) in [6.07, 6.45) is 3.91. The van der Waals surface area contributed by atoms with Gasteiger partial charge in [-0.3, -0.25) is 19.2 Å². The quantitative estimate of drug-likeness (QED) is 0.371. The van der Waals surface area contributed by atoms with Crippen LogP contribution in [0.25, 0.3) is 10.9 Å². The van der Waals surface area contributed by atoms with E-state index in [1.165, 1.54) is 24.0 Å². The zero-order chi connectivity index (χ0) is 24.4. The molecule has 0 atom stereocenters. The molecule has 1 aromatic heterocycles. The molecule has 3 aromatic rings. The van der Waals surface area contributed by atoms with E-state index in [1.54, 1.807) is 35.0 Å². The van der Waals surface area contributed by atoms with Crippen molar-refractivity contribution in [2.24, 2.45) is 0 Å². The van der Waals surface area contributed by atoms with Gasteiger partial charge < -0.3 is 14.8 Å². The molecule has 1 heterocycles. The Morgan fingerprint density at radius 1 is 1.24 bits per heavy atom. The van der Waals surface area contributed by atoms with Gasteiger partial charge in [0.1, 0.15) is 18.6 Å². The van der Waals surface area contributed by atoms with Crippen LogP contribution in [0.3, 0.4) is 0 Å². The third-order valence-corrected chi connectivity index (χ3v) is 6.15. The third kappa shape index (κ3) is 5.02. The molecular weight excluding hydrogens is 461 g/mol. The summed E-state index contributed by atoms with van der Waals surface area (Å²) < 4.78 is 15.7. The normalized spacial score (nSPS) is 13.0. The molecule has 7 nitrogen and oxygen atoms in total. The first-order valence-corrected chi connectivity index (χ1v) is 11.2. The molecule has 34 heavy (non-hydrogen) atoms. The fourth-order valence-electron chi connectivity index (χ4n) is 3.93. The number of benzene rings is 2. The molecule has 0 spiro atoms. The molecule has 0 saturated heterocycles. The maximum absolute atomic E-state index is 14.1. The van der Waals surface area contributed by atoms with Gasteiger partial charge in [-0.05, 0) is 44.0 Å². The molecule has 0 radical (unpaired) electrons. The van der Waals surface area contributed by atoms with Gasteiger partial charge in [0.05, 0.1) is 11.6 Å². The van der Waals surface area contributed by atoms with Crippen molar-refractivity contribution >= 4 is 46.4 Å². The van der Waals surface area contributed by atoms with Gasteiger partial charge in [0.2, 0.25) is 11.8 Å². The maximum atomic E-state index is 14.1. The number of fused-ring (bicyclic) bond motifs is 1. The van der Waals surface area contributed by atoms with Crippen molar-refractivity contribution in [3.63, 3.8) is 0 Å². The molecule has 176 valence electrons. The second kappa shape index (κ2) is 9.77. The molecule has 4 rings (SSSR count). The second-order valence-corrected chi connectivity index (χ2v) is 8.77. The summed E-state index contributed by atoms with van der Waals surface area (Å²) in [5.74, 6) is -1.43. The van der Waals surface area contributed by atoms with Gasteiger partial charge in [-0.2, -0.15) is 0 Å². The molecular formula is C25H23ClFN3O4. The molecule has 9 heteroatoms. The molecule has 1 saturated carbocycles. The highest BCUT2D eigenvalue weighted by Gasteiger charge is 2.34. The molecule has 0 aliphatic heterocycles. The zero-order valence-electron chi connectivity index (χ0n) is 18.5. The van der Waals surface area contributed by atoms with Gasteiger partial charge in [0.15, 0.2) is 5.78 Å². The standard InChI is InChI=1S/C25H23ClFN3O4/c1-15(32)20-11-29(22-8-5-16(14-31)9-19(20)22)13-24(34)30(18-6-7-18)12-23(33)28-10-17-3-2-4-21(26)25(17)27/h2-5,8-9,11,14,18H,6-7,10,12-13H2,1H3,(H,28,33). The highest BCUT2D eigenvalue weighted by atomic mass is 35.5. The topological polar surface area (TPSA) is 88.5 Å². The number of hydrogen-bond donors (Lipinski definition) is 1. The van der Waals surface area contributed by atoms with E-state index >= 15 is 0 Å². The minimum atomic E-state index is -0.585. The highest BCUT2D eigenvalue weighted by molar-refractivity contribution is 6.30. The van der Waals surface area contributed by atoms with E-state index in [0.29, 0.717) is 28.3 Å². The average molecular weight is 484 g/mol. The molecule has 1 fully saturated rings. The number of Topliss-reactive ketones (excluding diaryl/α,β-unsaturated/α-hetero) is 1. The summed E-state index contributed by atoms with van der Waals surface area (Å²) in [4.78, 5) is 50.5. The van der Waals surface area contributed by atoms with Crippen LogP contribution in [0.15, 0.2) is 42.6 Å². The number of ketones is 1. The van der Waals surface area contributed by atoms with Crippen LogP contribution in [0.4, 0.5) is 4.39 Å². The van der Waals surface area contributed by atoms with Crippen molar-refractivity contribution in [1.29, 1.82) is 0 Å². The number of rotatable bonds is 9. The number of halogens is 2. The van der Waals surface area contributed by atoms with E-state index in [1.807, 2.05) is 0 Å². The Morgan fingerprint density at radius 2 is 2.00 bits per heavy atom. The van der Waals surface area contributed by atoms with Crippen LogP contribution in [0.1, 0.15) is 46.0 Å². The van der Waals surface area contributed by atoms with Crippen molar-refractivity contribution < 1.29 is 23.6 Å². The van der Waals surface area contributed by atoms with Gasteiger partial charge >= 0.3 is 0 Å². The van der Waals surface area contributed by atoms with Crippen LogP contribution in [0.2, 0.25) is 5.02 Å². The maximum Gasteiger partial charge on any atom is 0.243 e. The lowest BCUT2D eigenvalue weighted by Crippen LogP contribution is -2.43. The number of nitrogens with zero attached hydrogens (tertiary/aromatic N) is 2. The second-order valence-electron chi connectivity index (χ2n) is 8.36. The highest BCUT2D eigenvalue weighted by Crippen LogP contribution is 2.28. The minimum Gasteiger partial charge on any atom is -0.350 e. The zero-order valence-corrected chi connectivity index (χ0v) is 19.3. The van der Waals surface area contributed by atoms with Crippen molar-refractivity contribution in [2.75, 3.05) is 6.54 Å². The predicted octanol–water partition coefficient (Wildman–Crippen LogP) is 3.76. The molecule has 1 N–H and O–H groups in total. The van der Waals surface area contributed by atoms with Crippen molar-refractivity contribution in [3.8, 4) is 0 Å². The monoisotopic (exact) mass is 483 g/mol. The Kier molecular flexibility index (Phi) is 6.79. The number of aromatic nitrogens is 1. The van der Waals surface area contributed by atoms with E-state index in [2.05, 4.69) is 5.32 Å². The van der Waals surface area contributed by atoms with Gasteiger partial charge in [0.25, 0.3) is 0 Å². The van der Waals surface area contributed by atoms with E-state index in [9.17, 15) is 23.6 Å². The predicted molar refractivity (Wildman–Crippen MR) is 125 cm³/mol. The van der Waals surface area contributed by atoms with Gasteiger partial charge in [-0.15, -0.1) is 0 Å². The molecule has 2 aromatic carbocycles. The number of nitrogens with one attached hydrogen (secondary N) is 1. The molecule has 1 aliphatic carbocycles. The fraction of sp³-hybridized carbons (Fsp3) is 0.280. The lowest BCUT2D eigenvalue weighted by atomic mass is 10.1. The van der Waals surface area contributed by atoms with Gasteiger partial charge in [-0.25, -0.2) is 4.39 Å². The summed E-state index contributed by atoms with van der Waals surface area (Å²) >= 11 is 5.78. The summed E-state index contributed by atoms with van der Waals surface area (Å²) in [6, 6.07) is 9.48. The van der Waals surface area contributed by atoms with Crippen LogP contribution >= 0.6 is 11.6 Å². The number of aldehydes is 1. The first-order valence-electron chi connectivity index (χ1n) is 10.9. The van der Waals surface area contributed by atoms with Crippen LogP contribution in [-0.4, -0.2) is 45.9 Å². The smallest absolute Gasteiger partial charge is 0.243 e. The molecule has 1 aliphatic rings. The van der Waals surface area contributed by atoms with Gasteiger partial charge in [-0.1, -0.05) is 23.7 Å².